The molecule has 0 aromatic carbocycles. The predicted molar refractivity (Wildman–Crippen MR) is 82.3 cm³/mol. The maximum Gasteiger partial charge on any atom is 0.220 e. The number of nitrogens with one attached hydrogen (secondary N) is 1. The molecule has 0 saturated heterocycles. The van der Waals surface area contributed by atoms with E-state index in [0.717, 1.165) is 23.9 Å². The zero-order chi connectivity index (χ0) is 15.2. The Labute approximate surface area is 127 Å². The van der Waals surface area contributed by atoms with Crippen LogP contribution in [0.4, 0.5) is 0 Å². The Morgan fingerprint density at radius 2 is 2.24 bits per heavy atom. The van der Waals surface area contributed by atoms with E-state index in [9.17, 15) is 4.79 Å². The van der Waals surface area contributed by atoms with Crippen LogP contribution in [-0.2, 0) is 16.0 Å². The number of carbonyl (C=O) groups excluding carboxylic acids is 1. The number of carbonyl (C=O) groups is 1. The summed E-state index contributed by atoms with van der Waals surface area (Å²) in [5.74, 6) is 3.44. The van der Waals surface area contributed by atoms with Crippen molar-refractivity contribution in [3.05, 3.63) is 23.7 Å². The molecule has 1 amide bonds. The zero-order valence-electron chi connectivity index (χ0n) is 13.4. The molecule has 1 fully saturated rings. The molecule has 4 heteroatoms. The van der Waals surface area contributed by atoms with Crippen LogP contribution in [-0.4, -0.2) is 25.2 Å². The average molecular weight is 293 g/mol. The number of furan rings is 1. The molecule has 21 heavy (non-hydrogen) atoms. The van der Waals surface area contributed by atoms with Crippen LogP contribution in [0.5, 0.6) is 0 Å². The summed E-state index contributed by atoms with van der Waals surface area (Å²) in [5, 5.41) is 2.92. The van der Waals surface area contributed by atoms with Crippen LogP contribution in [0.2, 0.25) is 0 Å². The second-order valence-electron chi connectivity index (χ2n) is 6.25. The second-order valence-corrected chi connectivity index (χ2v) is 6.25. The fourth-order valence-corrected chi connectivity index (χ4v) is 2.39. The maximum absolute atomic E-state index is 11.7. The lowest BCUT2D eigenvalue weighted by Crippen LogP contribution is -2.25. The van der Waals surface area contributed by atoms with E-state index in [0.29, 0.717) is 31.9 Å². The summed E-state index contributed by atoms with van der Waals surface area (Å²) < 4.78 is 11.2. The SMILES string of the molecule is CC(C)OCCCNC(=O)CCc1ccc(C2CC2C)o1. The maximum atomic E-state index is 11.7. The van der Waals surface area contributed by atoms with Gasteiger partial charge < -0.3 is 14.5 Å². The van der Waals surface area contributed by atoms with Gasteiger partial charge in [-0.2, -0.15) is 0 Å². The second kappa shape index (κ2) is 7.64. The number of amides is 1. The summed E-state index contributed by atoms with van der Waals surface area (Å²) in [5.41, 5.74) is 0. The minimum Gasteiger partial charge on any atom is -0.466 e. The Balaban J connectivity index is 1.57. The summed E-state index contributed by atoms with van der Waals surface area (Å²) >= 11 is 0. The van der Waals surface area contributed by atoms with Gasteiger partial charge in [-0.25, -0.2) is 0 Å². The molecule has 1 aromatic heterocycles. The van der Waals surface area contributed by atoms with Gasteiger partial charge in [-0.05, 0) is 44.7 Å². The largest absolute Gasteiger partial charge is 0.466 e. The van der Waals surface area contributed by atoms with Crippen LogP contribution in [0, 0.1) is 5.92 Å². The average Bonchev–Trinajstić information content (AvgIpc) is 2.99. The monoisotopic (exact) mass is 293 g/mol. The fourth-order valence-electron chi connectivity index (χ4n) is 2.39. The highest BCUT2D eigenvalue weighted by molar-refractivity contribution is 5.76. The summed E-state index contributed by atoms with van der Waals surface area (Å²) in [6.07, 6.45) is 3.50. The number of hydrogen-bond acceptors (Lipinski definition) is 3. The first-order valence-corrected chi connectivity index (χ1v) is 8.03. The van der Waals surface area contributed by atoms with E-state index in [-0.39, 0.29) is 12.0 Å². The third-order valence-corrected chi connectivity index (χ3v) is 3.85. The van der Waals surface area contributed by atoms with Gasteiger partial charge in [0.1, 0.15) is 11.5 Å². The molecule has 2 rings (SSSR count). The molecular formula is C17H27NO3. The first-order valence-electron chi connectivity index (χ1n) is 8.03. The smallest absolute Gasteiger partial charge is 0.220 e. The highest BCUT2D eigenvalue weighted by Crippen LogP contribution is 2.47. The normalized spacial score (nSPS) is 20.8. The molecule has 118 valence electrons. The van der Waals surface area contributed by atoms with Crippen LogP contribution in [0.1, 0.15) is 57.5 Å². The van der Waals surface area contributed by atoms with Crippen molar-refractivity contribution in [3.8, 4) is 0 Å². The van der Waals surface area contributed by atoms with Gasteiger partial charge in [0.25, 0.3) is 0 Å². The van der Waals surface area contributed by atoms with Crippen molar-refractivity contribution in [2.45, 2.75) is 58.5 Å². The third-order valence-electron chi connectivity index (χ3n) is 3.85. The van der Waals surface area contributed by atoms with E-state index >= 15 is 0 Å². The standard InChI is InChI=1S/C17H27NO3/c1-12(2)20-10-4-9-18-17(19)8-6-14-5-7-16(21-14)15-11-13(15)3/h5,7,12-13,15H,4,6,8-11H2,1-3H3,(H,18,19). The van der Waals surface area contributed by atoms with Gasteiger partial charge in [-0.15, -0.1) is 0 Å². The van der Waals surface area contributed by atoms with Gasteiger partial charge in [0, 0.05) is 31.9 Å². The minimum absolute atomic E-state index is 0.0808. The Morgan fingerprint density at radius 3 is 2.90 bits per heavy atom. The molecule has 0 radical (unpaired) electrons. The molecule has 1 aliphatic carbocycles. The van der Waals surface area contributed by atoms with Crippen molar-refractivity contribution < 1.29 is 13.9 Å². The van der Waals surface area contributed by atoms with E-state index in [1.165, 1.54) is 6.42 Å². The van der Waals surface area contributed by atoms with Crippen molar-refractivity contribution >= 4 is 5.91 Å². The molecule has 1 saturated carbocycles. The Kier molecular flexibility index (Phi) is 5.85. The van der Waals surface area contributed by atoms with Crippen molar-refractivity contribution in [1.29, 1.82) is 0 Å². The predicted octanol–water partition coefficient (Wildman–Crippen LogP) is 3.27. The van der Waals surface area contributed by atoms with Crippen LogP contribution in [0.3, 0.4) is 0 Å². The van der Waals surface area contributed by atoms with Gasteiger partial charge >= 0.3 is 0 Å². The Hall–Kier alpha value is -1.29. The lowest BCUT2D eigenvalue weighted by Gasteiger charge is -2.08. The van der Waals surface area contributed by atoms with Gasteiger partial charge in [0.2, 0.25) is 5.91 Å². The third kappa shape index (κ3) is 5.54. The summed E-state index contributed by atoms with van der Waals surface area (Å²) in [6, 6.07) is 4.06. The van der Waals surface area contributed by atoms with Crippen LogP contribution < -0.4 is 5.32 Å². The molecule has 0 spiro atoms. The quantitative estimate of drug-likeness (QED) is 0.711. The zero-order valence-corrected chi connectivity index (χ0v) is 13.4. The van der Waals surface area contributed by atoms with Gasteiger partial charge in [0.05, 0.1) is 6.10 Å². The van der Waals surface area contributed by atoms with Crippen molar-refractivity contribution in [2.24, 2.45) is 5.92 Å². The molecule has 1 aliphatic rings. The fraction of sp³-hybridized carbons (Fsp3) is 0.706. The molecular weight excluding hydrogens is 266 g/mol. The molecule has 1 aromatic rings. The number of hydrogen-bond donors (Lipinski definition) is 1. The highest BCUT2D eigenvalue weighted by Gasteiger charge is 2.36. The van der Waals surface area contributed by atoms with Gasteiger partial charge in [0.15, 0.2) is 0 Å². The van der Waals surface area contributed by atoms with Gasteiger partial charge in [-0.1, -0.05) is 6.92 Å². The highest BCUT2D eigenvalue weighted by atomic mass is 16.5. The van der Waals surface area contributed by atoms with Crippen LogP contribution >= 0.6 is 0 Å². The number of ether oxygens (including phenoxy) is 1. The topological polar surface area (TPSA) is 51.5 Å². The van der Waals surface area contributed by atoms with Crippen LogP contribution in [0.25, 0.3) is 0 Å². The molecule has 4 nitrogen and oxygen atoms in total. The molecule has 2 atom stereocenters. The number of aryl methyl sites for hydroxylation is 1. The van der Waals surface area contributed by atoms with E-state index in [2.05, 4.69) is 18.3 Å². The van der Waals surface area contributed by atoms with Crippen LogP contribution in [0.15, 0.2) is 16.5 Å². The van der Waals surface area contributed by atoms with Crippen molar-refractivity contribution in [2.75, 3.05) is 13.2 Å². The summed E-state index contributed by atoms with van der Waals surface area (Å²) in [4.78, 5) is 11.7. The Morgan fingerprint density at radius 1 is 1.48 bits per heavy atom. The molecule has 2 unspecified atom stereocenters. The lowest BCUT2D eigenvalue weighted by molar-refractivity contribution is -0.121. The van der Waals surface area contributed by atoms with E-state index in [1.54, 1.807) is 0 Å². The minimum atomic E-state index is 0.0808. The Bertz CT molecular complexity index is 453. The molecule has 1 N–H and O–H groups in total. The lowest BCUT2D eigenvalue weighted by atomic mass is 10.2. The first-order chi connectivity index (χ1) is 10.1. The molecule has 1 heterocycles. The van der Waals surface area contributed by atoms with Gasteiger partial charge in [-0.3, -0.25) is 4.79 Å². The van der Waals surface area contributed by atoms with E-state index in [4.69, 9.17) is 9.15 Å². The molecule has 0 aliphatic heterocycles. The van der Waals surface area contributed by atoms with Crippen molar-refractivity contribution in [3.63, 3.8) is 0 Å². The van der Waals surface area contributed by atoms with E-state index < -0.39 is 0 Å². The summed E-state index contributed by atoms with van der Waals surface area (Å²) in [6.45, 7) is 7.63. The van der Waals surface area contributed by atoms with Crippen molar-refractivity contribution in [1.82, 2.24) is 5.32 Å². The summed E-state index contributed by atoms with van der Waals surface area (Å²) in [7, 11) is 0. The molecule has 0 bridgehead atoms. The number of rotatable bonds is 9. The van der Waals surface area contributed by atoms with E-state index in [1.807, 2.05) is 19.9 Å². The first kappa shape index (κ1) is 16.1.